The van der Waals surface area contributed by atoms with Crippen molar-refractivity contribution >= 4 is 35.2 Å². The van der Waals surface area contributed by atoms with Crippen molar-refractivity contribution in [2.24, 2.45) is 21.7 Å². The second kappa shape index (κ2) is 8.08. The van der Waals surface area contributed by atoms with Gasteiger partial charge in [0.05, 0.1) is 22.8 Å². The minimum atomic E-state index is -2.78. The Labute approximate surface area is 217 Å². The van der Waals surface area contributed by atoms with Crippen molar-refractivity contribution in [2.75, 3.05) is 7.05 Å². The molecule has 3 aromatic rings. The number of aryl methyl sites for hydroxylation is 1. The van der Waals surface area contributed by atoms with Gasteiger partial charge >= 0.3 is 0 Å². The highest BCUT2D eigenvalue weighted by molar-refractivity contribution is 8.15. The topological polar surface area (TPSA) is 42.6 Å². The van der Waals surface area contributed by atoms with Gasteiger partial charge in [-0.05, 0) is 91.1 Å². The average molecular weight is 523 g/mol. The third-order valence-corrected chi connectivity index (χ3v) is 13.4. The van der Waals surface area contributed by atoms with E-state index < -0.39 is 6.42 Å². The molecular weight excluding hydrogens is 490 g/mol. The number of para-hydroxylation sites is 1. The molecule has 2 heterocycles. The van der Waals surface area contributed by atoms with Gasteiger partial charge in [-0.15, -0.1) is 0 Å². The van der Waals surface area contributed by atoms with Crippen molar-refractivity contribution in [1.82, 2.24) is 14.5 Å². The fraction of sp³-hybridized carbons (Fsp3) is 0.429. The molecule has 2 aliphatic carbocycles. The molecular formula is C28H32FN4OPS. The zero-order valence-corrected chi connectivity index (χ0v) is 23.1. The summed E-state index contributed by atoms with van der Waals surface area (Å²) in [4.78, 5) is 5.09. The minimum absolute atomic E-state index is 0.0679. The molecule has 0 N–H and O–H groups in total. The number of halogens is 1. The van der Waals surface area contributed by atoms with Crippen LogP contribution in [0, 0.1) is 29.5 Å². The highest BCUT2D eigenvalue weighted by Gasteiger charge is 2.63. The maximum Gasteiger partial charge on any atom is 0.192 e. The summed E-state index contributed by atoms with van der Waals surface area (Å²) in [5.41, 5.74) is 2.85. The molecule has 0 spiro atoms. The van der Waals surface area contributed by atoms with Crippen molar-refractivity contribution < 1.29 is 8.91 Å². The molecule has 0 saturated heterocycles. The van der Waals surface area contributed by atoms with Crippen LogP contribution >= 0.6 is 6.42 Å². The number of benzene rings is 2. The standard InChI is InChI=1S/C28H32FN4OPS/c1-18-24-26(33(31-18)22-9-7-6-8-10-22)30-25(19-11-13-21(29)14-12-19)32(5)35(24,36)34-23-17-20-15-16-28(23,4)27(20,2)3/h6-14,20,23H,15-17H2,1-5H3. The highest BCUT2D eigenvalue weighted by atomic mass is 32.4. The van der Waals surface area contributed by atoms with Crippen molar-refractivity contribution in [3.63, 3.8) is 0 Å². The van der Waals surface area contributed by atoms with Crippen LogP contribution in [-0.2, 0) is 16.3 Å². The molecule has 3 aliphatic rings. The Morgan fingerprint density at radius 1 is 1.08 bits per heavy atom. The quantitative estimate of drug-likeness (QED) is 0.367. The summed E-state index contributed by atoms with van der Waals surface area (Å²) in [5, 5.41) is 5.82. The number of aromatic nitrogens is 2. The van der Waals surface area contributed by atoms with Gasteiger partial charge in [0.1, 0.15) is 11.7 Å². The van der Waals surface area contributed by atoms with E-state index in [-0.39, 0.29) is 22.8 Å². The van der Waals surface area contributed by atoms with Crippen LogP contribution in [0.15, 0.2) is 59.6 Å². The van der Waals surface area contributed by atoms with Gasteiger partial charge in [0.2, 0.25) is 0 Å². The molecule has 8 heteroatoms. The van der Waals surface area contributed by atoms with Crippen molar-refractivity contribution in [3.05, 3.63) is 71.7 Å². The van der Waals surface area contributed by atoms with E-state index in [1.807, 2.05) is 53.7 Å². The fourth-order valence-corrected chi connectivity index (χ4v) is 10.2. The van der Waals surface area contributed by atoms with Crippen LogP contribution in [0.25, 0.3) is 5.69 Å². The van der Waals surface area contributed by atoms with Crippen molar-refractivity contribution in [2.45, 2.75) is 53.1 Å². The van der Waals surface area contributed by atoms with E-state index in [0.29, 0.717) is 17.6 Å². The van der Waals surface area contributed by atoms with E-state index in [1.165, 1.54) is 18.6 Å². The molecule has 1 aliphatic heterocycles. The smallest absolute Gasteiger partial charge is 0.192 e. The van der Waals surface area contributed by atoms with E-state index in [4.69, 9.17) is 26.4 Å². The van der Waals surface area contributed by atoms with E-state index in [1.54, 1.807) is 12.1 Å². The molecule has 1 aromatic heterocycles. The number of aliphatic imine (C=N–C) groups is 1. The molecule has 36 heavy (non-hydrogen) atoms. The fourth-order valence-electron chi connectivity index (χ4n) is 6.57. The molecule has 4 unspecified atom stereocenters. The van der Waals surface area contributed by atoms with Crippen LogP contribution in [0.5, 0.6) is 0 Å². The first-order valence-corrected chi connectivity index (χ1v) is 15.3. The number of nitrogens with zero attached hydrogens (tertiary/aromatic N) is 4. The van der Waals surface area contributed by atoms with Crippen LogP contribution in [0.1, 0.15) is 51.3 Å². The lowest BCUT2D eigenvalue weighted by atomic mass is 9.70. The molecule has 2 bridgehead atoms. The van der Waals surface area contributed by atoms with E-state index >= 15 is 0 Å². The first-order valence-electron chi connectivity index (χ1n) is 12.6. The van der Waals surface area contributed by atoms with Crippen LogP contribution in [-0.4, -0.2) is 33.4 Å². The number of fused-ring (bicyclic) bond motifs is 3. The summed E-state index contributed by atoms with van der Waals surface area (Å²) >= 11 is 6.57. The number of hydrogen-bond donors (Lipinski definition) is 0. The molecule has 4 atom stereocenters. The molecule has 0 radical (unpaired) electrons. The first-order chi connectivity index (χ1) is 17.1. The zero-order valence-electron chi connectivity index (χ0n) is 21.4. The summed E-state index contributed by atoms with van der Waals surface area (Å²) in [5.74, 6) is 1.76. The second-order valence-electron chi connectivity index (χ2n) is 11.2. The lowest BCUT2D eigenvalue weighted by molar-refractivity contribution is 0.0357. The number of hydrogen-bond acceptors (Lipinski definition) is 4. The first kappa shape index (κ1) is 24.0. The second-order valence-corrected chi connectivity index (χ2v) is 15.0. The van der Waals surface area contributed by atoms with Gasteiger partial charge in [0.15, 0.2) is 12.2 Å². The zero-order chi connectivity index (χ0) is 25.5. The van der Waals surface area contributed by atoms with Gasteiger partial charge in [-0.3, -0.25) is 0 Å². The Balaban J connectivity index is 1.53. The van der Waals surface area contributed by atoms with Crippen molar-refractivity contribution in [3.8, 4) is 5.69 Å². The van der Waals surface area contributed by atoms with Crippen LogP contribution in [0.2, 0.25) is 0 Å². The molecule has 0 amide bonds. The molecule has 2 aromatic carbocycles. The Morgan fingerprint density at radius 2 is 1.78 bits per heavy atom. The third-order valence-electron chi connectivity index (χ3n) is 9.29. The molecule has 5 nitrogen and oxygen atoms in total. The van der Waals surface area contributed by atoms with Crippen LogP contribution in [0.3, 0.4) is 0 Å². The predicted molar refractivity (Wildman–Crippen MR) is 147 cm³/mol. The van der Waals surface area contributed by atoms with Gasteiger partial charge in [-0.25, -0.2) is 14.1 Å². The third kappa shape index (κ3) is 3.25. The Kier molecular flexibility index (Phi) is 5.39. The van der Waals surface area contributed by atoms with E-state index in [2.05, 4.69) is 20.8 Å². The maximum atomic E-state index is 13.8. The van der Waals surface area contributed by atoms with Crippen molar-refractivity contribution in [1.29, 1.82) is 0 Å². The van der Waals surface area contributed by atoms with Gasteiger partial charge in [0, 0.05) is 12.6 Å². The van der Waals surface area contributed by atoms with Gasteiger partial charge in [0.25, 0.3) is 0 Å². The lowest BCUT2D eigenvalue weighted by Gasteiger charge is -2.44. The van der Waals surface area contributed by atoms with Gasteiger partial charge < -0.3 is 9.19 Å². The normalized spacial score (nSPS) is 30.4. The summed E-state index contributed by atoms with van der Waals surface area (Å²) < 4.78 is 24.9. The van der Waals surface area contributed by atoms with Gasteiger partial charge in [-0.2, -0.15) is 5.10 Å². The minimum Gasteiger partial charge on any atom is -0.326 e. The highest BCUT2D eigenvalue weighted by Crippen LogP contribution is 2.69. The molecule has 6 rings (SSSR count). The number of rotatable bonds is 4. The molecule has 2 fully saturated rings. The van der Waals surface area contributed by atoms with Gasteiger partial charge in [-0.1, -0.05) is 39.0 Å². The van der Waals surface area contributed by atoms with E-state index in [0.717, 1.165) is 35.1 Å². The number of amidine groups is 1. The summed E-state index contributed by atoms with van der Waals surface area (Å²) in [7, 11) is 1.98. The largest absolute Gasteiger partial charge is 0.326 e. The summed E-state index contributed by atoms with van der Waals surface area (Å²) in [6.45, 7) is 9.17. The van der Waals surface area contributed by atoms with Crippen LogP contribution < -0.4 is 5.30 Å². The maximum absolute atomic E-state index is 13.8. The summed E-state index contributed by atoms with van der Waals surface area (Å²) in [6, 6.07) is 16.4. The lowest BCUT2D eigenvalue weighted by Crippen LogP contribution is -2.41. The summed E-state index contributed by atoms with van der Waals surface area (Å²) in [6.07, 6.45) is 0.718. The van der Waals surface area contributed by atoms with Crippen LogP contribution in [0.4, 0.5) is 10.2 Å². The Hall–Kier alpha value is -2.34. The molecule has 188 valence electrons. The molecule has 2 saturated carbocycles. The Bertz CT molecular complexity index is 1420. The average Bonchev–Trinajstić information content (AvgIpc) is 3.37. The Morgan fingerprint density at radius 3 is 2.39 bits per heavy atom. The SMILES string of the molecule is Cc1nn(-c2ccccc2)c2c1P(=S)(OC1CC3CCC1(C)C3(C)C)N(C)C(c1ccc(F)cc1)=N2. The van der Waals surface area contributed by atoms with E-state index in [9.17, 15) is 4.39 Å². The predicted octanol–water partition coefficient (Wildman–Crippen LogP) is 6.51. The monoisotopic (exact) mass is 522 g/mol.